The van der Waals surface area contributed by atoms with Gasteiger partial charge in [-0.3, -0.25) is 4.90 Å². The minimum absolute atomic E-state index is 0.0403. The highest BCUT2D eigenvalue weighted by Gasteiger charge is 2.22. The van der Waals surface area contributed by atoms with Crippen molar-refractivity contribution in [2.75, 3.05) is 33.7 Å². The molecule has 0 spiro atoms. The van der Waals surface area contributed by atoms with Crippen LogP contribution in [0.2, 0.25) is 0 Å². The molecule has 1 aromatic carbocycles. The van der Waals surface area contributed by atoms with E-state index < -0.39 is 0 Å². The molecule has 4 heteroatoms. The predicted octanol–water partition coefficient (Wildman–Crippen LogP) is 1.85. The molecule has 2 N–H and O–H groups in total. The van der Waals surface area contributed by atoms with Gasteiger partial charge in [0.25, 0.3) is 0 Å². The number of likely N-dealkylation sites (tertiary alicyclic amines) is 1. The van der Waals surface area contributed by atoms with E-state index in [-0.39, 0.29) is 11.9 Å². The average molecular weight is 265 g/mol. The van der Waals surface area contributed by atoms with Crippen LogP contribution in [0.1, 0.15) is 24.4 Å². The maximum absolute atomic E-state index is 12.9. The Hall–Kier alpha value is -0.970. The van der Waals surface area contributed by atoms with Gasteiger partial charge in [-0.1, -0.05) is 12.1 Å². The van der Waals surface area contributed by atoms with Crippen LogP contribution in [0.5, 0.6) is 0 Å². The van der Waals surface area contributed by atoms with E-state index in [2.05, 4.69) is 23.9 Å². The first-order valence-corrected chi connectivity index (χ1v) is 6.96. The summed E-state index contributed by atoms with van der Waals surface area (Å²) in [5.74, 6) is -0.207. The summed E-state index contributed by atoms with van der Waals surface area (Å²) in [5, 5.41) is 0. The van der Waals surface area contributed by atoms with E-state index in [1.165, 1.54) is 25.0 Å². The number of hydrogen-bond donors (Lipinski definition) is 1. The molecule has 0 aliphatic carbocycles. The molecular formula is C15H24FN3. The van der Waals surface area contributed by atoms with E-state index in [0.29, 0.717) is 6.04 Å². The van der Waals surface area contributed by atoms with Crippen LogP contribution in [-0.2, 0) is 0 Å². The van der Waals surface area contributed by atoms with Crippen LogP contribution in [0.4, 0.5) is 4.39 Å². The van der Waals surface area contributed by atoms with E-state index in [0.717, 1.165) is 25.2 Å². The SMILES string of the molecule is CN(C)C1CCCN(CC(N)c2ccc(F)cc2)C1. The highest BCUT2D eigenvalue weighted by atomic mass is 19.1. The first kappa shape index (κ1) is 14.4. The van der Waals surface area contributed by atoms with Crippen molar-refractivity contribution < 1.29 is 4.39 Å². The molecule has 2 atom stereocenters. The molecule has 0 saturated carbocycles. The number of halogens is 1. The van der Waals surface area contributed by atoms with Gasteiger partial charge in [0, 0.05) is 25.2 Å². The van der Waals surface area contributed by atoms with Crippen LogP contribution in [-0.4, -0.2) is 49.6 Å². The molecule has 1 fully saturated rings. The van der Waals surface area contributed by atoms with Crippen LogP contribution < -0.4 is 5.73 Å². The summed E-state index contributed by atoms with van der Waals surface area (Å²) in [6.45, 7) is 3.02. The molecule has 0 aromatic heterocycles. The Kier molecular flexibility index (Phi) is 4.91. The lowest BCUT2D eigenvalue weighted by molar-refractivity contribution is 0.128. The second-order valence-corrected chi connectivity index (χ2v) is 5.68. The van der Waals surface area contributed by atoms with Crippen molar-refractivity contribution in [3.8, 4) is 0 Å². The molecule has 106 valence electrons. The third-order valence-electron chi connectivity index (χ3n) is 3.96. The van der Waals surface area contributed by atoms with Gasteiger partial charge in [0.1, 0.15) is 5.82 Å². The van der Waals surface area contributed by atoms with Crippen molar-refractivity contribution >= 4 is 0 Å². The maximum atomic E-state index is 12.9. The maximum Gasteiger partial charge on any atom is 0.123 e. The minimum atomic E-state index is -0.207. The monoisotopic (exact) mass is 265 g/mol. The van der Waals surface area contributed by atoms with Crippen LogP contribution in [0, 0.1) is 5.82 Å². The summed E-state index contributed by atoms with van der Waals surface area (Å²) in [5.41, 5.74) is 7.23. The highest BCUT2D eigenvalue weighted by Crippen LogP contribution is 2.18. The van der Waals surface area contributed by atoms with Crippen LogP contribution in [0.25, 0.3) is 0 Å². The fourth-order valence-electron chi connectivity index (χ4n) is 2.71. The number of benzene rings is 1. The zero-order chi connectivity index (χ0) is 13.8. The summed E-state index contributed by atoms with van der Waals surface area (Å²) in [6, 6.07) is 7.11. The molecule has 1 aromatic rings. The standard InChI is InChI=1S/C15H24FN3/c1-18(2)14-4-3-9-19(10-14)11-15(17)12-5-7-13(16)8-6-12/h5-8,14-15H,3-4,9-11,17H2,1-2H3. The second kappa shape index (κ2) is 6.46. The zero-order valence-electron chi connectivity index (χ0n) is 11.8. The predicted molar refractivity (Wildman–Crippen MR) is 76.5 cm³/mol. The van der Waals surface area contributed by atoms with Crippen molar-refractivity contribution in [2.45, 2.75) is 24.9 Å². The lowest BCUT2D eigenvalue weighted by Crippen LogP contribution is -2.47. The molecule has 1 aliphatic heterocycles. The molecule has 0 amide bonds. The zero-order valence-corrected chi connectivity index (χ0v) is 11.8. The number of hydrogen-bond acceptors (Lipinski definition) is 3. The fourth-order valence-corrected chi connectivity index (χ4v) is 2.71. The lowest BCUT2D eigenvalue weighted by Gasteiger charge is -2.37. The number of rotatable bonds is 4. The number of nitrogens with zero attached hydrogens (tertiary/aromatic N) is 2. The Morgan fingerprint density at radius 2 is 2.05 bits per heavy atom. The molecule has 1 saturated heterocycles. The van der Waals surface area contributed by atoms with Crippen LogP contribution in [0.3, 0.4) is 0 Å². The summed E-state index contributed by atoms with van der Waals surface area (Å²) >= 11 is 0. The van der Waals surface area contributed by atoms with Gasteiger partial charge < -0.3 is 10.6 Å². The van der Waals surface area contributed by atoms with Crippen LogP contribution >= 0.6 is 0 Å². The Morgan fingerprint density at radius 3 is 2.68 bits per heavy atom. The van der Waals surface area contributed by atoms with E-state index in [4.69, 9.17) is 5.73 Å². The number of nitrogens with two attached hydrogens (primary N) is 1. The lowest BCUT2D eigenvalue weighted by atomic mass is 10.0. The topological polar surface area (TPSA) is 32.5 Å². The Labute approximate surface area is 115 Å². The molecule has 3 nitrogen and oxygen atoms in total. The van der Waals surface area contributed by atoms with Gasteiger partial charge in [-0.25, -0.2) is 4.39 Å². The van der Waals surface area contributed by atoms with Gasteiger partial charge in [0.2, 0.25) is 0 Å². The molecule has 1 aliphatic rings. The average Bonchev–Trinajstić information content (AvgIpc) is 2.39. The van der Waals surface area contributed by atoms with E-state index >= 15 is 0 Å². The van der Waals surface area contributed by atoms with E-state index in [9.17, 15) is 4.39 Å². The molecule has 0 radical (unpaired) electrons. The first-order valence-electron chi connectivity index (χ1n) is 6.96. The molecule has 2 rings (SSSR count). The second-order valence-electron chi connectivity index (χ2n) is 5.68. The van der Waals surface area contributed by atoms with Gasteiger partial charge in [-0.05, 0) is 51.2 Å². The van der Waals surface area contributed by atoms with Crippen molar-refractivity contribution in [3.63, 3.8) is 0 Å². The van der Waals surface area contributed by atoms with Gasteiger partial charge in [0.15, 0.2) is 0 Å². The molecule has 1 heterocycles. The smallest absolute Gasteiger partial charge is 0.123 e. The summed E-state index contributed by atoms with van der Waals surface area (Å²) in [6.07, 6.45) is 2.48. The third kappa shape index (κ3) is 4.00. The molecule has 0 bridgehead atoms. The normalized spacial score (nSPS) is 22.7. The van der Waals surface area contributed by atoms with Crippen molar-refractivity contribution in [1.29, 1.82) is 0 Å². The Bertz CT molecular complexity index is 391. The first-order chi connectivity index (χ1) is 9.06. The van der Waals surface area contributed by atoms with Gasteiger partial charge in [0.05, 0.1) is 0 Å². The summed E-state index contributed by atoms with van der Waals surface area (Å²) in [4.78, 5) is 4.71. The number of piperidine rings is 1. The highest BCUT2D eigenvalue weighted by molar-refractivity contribution is 5.19. The Balaban J connectivity index is 1.91. The van der Waals surface area contributed by atoms with Crippen molar-refractivity contribution in [1.82, 2.24) is 9.80 Å². The van der Waals surface area contributed by atoms with E-state index in [1.807, 2.05) is 0 Å². The van der Waals surface area contributed by atoms with Crippen molar-refractivity contribution in [3.05, 3.63) is 35.6 Å². The molecule has 2 unspecified atom stereocenters. The largest absolute Gasteiger partial charge is 0.323 e. The summed E-state index contributed by atoms with van der Waals surface area (Å²) < 4.78 is 12.9. The van der Waals surface area contributed by atoms with E-state index in [1.54, 1.807) is 12.1 Å². The molecular weight excluding hydrogens is 241 g/mol. The minimum Gasteiger partial charge on any atom is -0.323 e. The van der Waals surface area contributed by atoms with Gasteiger partial charge in [-0.2, -0.15) is 0 Å². The number of likely N-dealkylation sites (N-methyl/N-ethyl adjacent to an activating group) is 1. The van der Waals surface area contributed by atoms with Gasteiger partial charge in [-0.15, -0.1) is 0 Å². The third-order valence-corrected chi connectivity index (χ3v) is 3.96. The fraction of sp³-hybridized carbons (Fsp3) is 0.600. The van der Waals surface area contributed by atoms with Gasteiger partial charge >= 0.3 is 0 Å². The van der Waals surface area contributed by atoms with Crippen molar-refractivity contribution in [2.24, 2.45) is 5.73 Å². The summed E-state index contributed by atoms with van der Waals surface area (Å²) in [7, 11) is 4.27. The molecule has 19 heavy (non-hydrogen) atoms. The Morgan fingerprint density at radius 1 is 1.37 bits per heavy atom. The quantitative estimate of drug-likeness (QED) is 0.902. The van der Waals surface area contributed by atoms with Crippen LogP contribution in [0.15, 0.2) is 24.3 Å².